The van der Waals surface area contributed by atoms with Crippen LogP contribution in [0.1, 0.15) is 16.1 Å². The second-order valence-electron chi connectivity index (χ2n) is 4.34. The summed E-state index contributed by atoms with van der Waals surface area (Å²) in [5, 5.41) is 7.46. The van der Waals surface area contributed by atoms with Gasteiger partial charge in [-0.05, 0) is 17.7 Å². The van der Waals surface area contributed by atoms with Gasteiger partial charge < -0.3 is 4.98 Å². The molecule has 1 amide bonds. The maximum absolute atomic E-state index is 13.6. The number of amides is 1. The summed E-state index contributed by atoms with van der Waals surface area (Å²) in [4.78, 5) is 18.1. The van der Waals surface area contributed by atoms with Crippen molar-refractivity contribution < 1.29 is 9.18 Å². The molecule has 1 aliphatic heterocycles. The Labute approximate surface area is 106 Å². The first-order valence-electron chi connectivity index (χ1n) is 5.67. The molecule has 92 valence electrons. The number of carbonyl (C=O) groups is 1. The first-order valence-corrected chi connectivity index (χ1v) is 5.67. The van der Waals surface area contributed by atoms with Crippen molar-refractivity contribution in [1.29, 1.82) is 0 Å². The standard InChI is InChI=1S/C13H7FN4O/c14-6-1-7(9-5-17-18-11(9)2-6)8-3-15-12-10(8)4-16-13(12)19/h1-5,15H,(H,17,18). The predicted octanol–water partition coefficient (Wildman–Crippen LogP) is 2.27. The summed E-state index contributed by atoms with van der Waals surface area (Å²) in [5.41, 5.74) is 3.18. The smallest absolute Gasteiger partial charge is 0.294 e. The van der Waals surface area contributed by atoms with Gasteiger partial charge in [-0.2, -0.15) is 5.10 Å². The molecular weight excluding hydrogens is 247 g/mol. The number of aromatic nitrogens is 3. The molecule has 0 aliphatic carbocycles. The molecule has 0 atom stereocenters. The van der Waals surface area contributed by atoms with E-state index in [0.29, 0.717) is 22.3 Å². The van der Waals surface area contributed by atoms with Crippen LogP contribution in [0.3, 0.4) is 0 Å². The monoisotopic (exact) mass is 254 g/mol. The third-order valence-corrected chi connectivity index (χ3v) is 3.26. The molecule has 0 bridgehead atoms. The number of H-pyrrole nitrogens is 2. The van der Waals surface area contributed by atoms with Crippen LogP contribution in [0, 0.1) is 5.82 Å². The summed E-state index contributed by atoms with van der Waals surface area (Å²) >= 11 is 0. The molecule has 1 aliphatic rings. The van der Waals surface area contributed by atoms with E-state index >= 15 is 0 Å². The number of nitrogens with zero attached hydrogens (tertiary/aromatic N) is 2. The number of carbonyl (C=O) groups excluding carboxylic acids is 1. The summed E-state index contributed by atoms with van der Waals surface area (Å²) in [5.74, 6) is -0.663. The van der Waals surface area contributed by atoms with E-state index in [-0.39, 0.29) is 11.7 Å². The number of rotatable bonds is 1. The maximum Gasteiger partial charge on any atom is 0.294 e. The van der Waals surface area contributed by atoms with Crippen LogP contribution >= 0.6 is 0 Å². The van der Waals surface area contributed by atoms with Crippen molar-refractivity contribution in [3.05, 3.63) is 41.6 Å². The molecule has 2 N–H and O–H groups in total. The minimum atomic E-state index is -0.358. The van der Waals surface area contributed by atoms with E-state index in [9.17, 15) is 9.18 Å². The average molecular weight is 254 g/mol. The lowest BCUT2D eigenvalue weighted by atomic mass is 10.0. The lowest BCUT2D eigenvalue weighted by Crippen LogP contribution is -1.90. The highest BCUT2D eigenvalue weighted by atomic mass is 19.1. The van der Waals surface area contributed by atoms with Gasteiger partial charge in [-0.15, -0.1) is 0 Å². The highest BCUT2D eigenvalue weighted by Gasteiger charge is 2.22. The predicted molar refractivity (Wildman–Crippen MR) is 67.8 cm³/mol. The number of hydrogen-bond donors (Lipinski definition) is 2. The number of hydrogen-bond acceptors (Lipinski definition) is 2. The van der Waals surface area contributed by atoms with Crippen molar-refractivity contribution in [2.45, 2.75) is 0 Å². The van der Waals surface area contributed by atoms with Gasteiger partial charge in [0, 0.05) is 28.9 Å². The fourth-order valence-corrected chi connectivity index (χ4v) is 2.39. The van der Waals surface area contributed by atoms with E-state index in [1.807, 2.05) is 0 Å². The Morgan fingerprint density at radius 2 is 2.11 bits per heavy atom. The molecule has 6 heteroatoms. The van der Waals surface area contributed by atoms with Gasteiger partial charge >= 0.3 is 0 Å². The number of aromatic amines is 2. The van der Waals surface area contributed by atoms with Crippen LogP contribution in [-0.2, 0) is 0 Å². The Morgan fingerprint density at radius 3 is 3.00 bits per heavy atom. The number of nitrogens with one attached hydrogen (secondary N) is 2. The molecule has 3 heterocycles. The van der Waals surface area contributed by atoms with Crippen molar-refractivity contribution in [2.75, 3.05) is 0 Å². The highest BCUT2D eigenvalue weighted by Crippen LogP contribution is 2.33. The van der Waals surface area contributed by atoms with Crippen LogP contribution in [0.2, 0.25) is 0 Å². The zero-order chi connectivity index (χ0) is 13.0. The van der Waals surface area contributed by atoms with E-state index < -0.39 is 0 Å². The van der Waals surface area contributed by atoms with Crippen molar-refractivity contribution in [3.63, 3.8) is 0 Å². The Hall–Kier alpha value is -2.76. The summed E-state index contributed by atoms with van der Waals surface area (Å²) in [7, 11) is 0. The third-order valence-electron chi connectivity index (χ3n) is 3.26. The first-order chi connectivity index (χ1) is 9.24. The Morgan fingerprint density at radius 1 is 1.21 bits per heavy atom. The minimum absolute atomic E-state index is 0.305. The van der Waals surface area contributed by atoms with E-state index in [1.165, 1.54) is 18.3 Å². The molecule has 0 radical (unpaired) electrons. The summed E-state index contributed by atoms with van der Waals surface area (Å²) < 4.78 is 13.6. The molecule has 0 unspecified atom stereocenters. The first kappa shape index (κ1) is 10.2. The van der Waals surface area contributed by atoms with Crippen LogP contribution in [0.25, 0.3) is 22.0 Å². The molecule has 19 heavy (non-hydrogen) atoms. The zero-order valence-electron chi connectivity index (χ0n) is 9.57. The largest absolute Gasteiger partial charge is 0.356 e. The summed E-state index contributed by atoms with van der Waals surface area (Å²) in [6, 6.07) is 2.82. The van der Waals surface area contributed by atoms with Crippen LogP contribution in [0.5, 0.6) is 0 Å². The van der Waals surface area contributed by atoms with Gasteiger partial charge in [-0.25, -0.2) is 9.38 Å². The van der Waals surface area contributed by atoms with Gasteiger partial charge in [0.05, 0.1) is 11.7 Å². The number of fused-ring (bicyclic) bond motifs is 2. The molecule has 4 rings (SSSR count). The Kier molecular flexibility index (Phi) is 1.81. The molecular formula is C13H7FN4O. The van der Waals surface area contributed by atoms with Crippen molar-refractivity contribution in [3.8, 4) is 11.1 Å². The molecule has 3 aromatic rings. The molecule has 2 aromatic heterocycles. The SMILES string of the molecule is O=C1N=Cc2c(-c3cc(F)cc4[nH]ncc34)c[nH]c21. The van der Waals surface area contributed by atoms with Crippen molar-refractivity contribution in [1.82, 2.24) is 15.2 Å². The van der Waals surface area contributed by atoms with E-state index in [0.717, 1.165) is 10.9 Å². The molecule has 5 nitrogen and oxygen atoms in total. The molecule has 0 saturated heterocycles. The van der Waals surface area contributed by atoms with Crippen LogP contribution < -0.4 is 0 Å². The topological polar surface area (TPSA) is 73.9 Å². The quantitative estimate of drug-likeness (QED) is 0.699. The van der Waals surface area contributed by atoms with Gasteiger partial charge in [0.2, 0.25) is 0 Å². The molecule has 0 spiro atoms. The second kappa shape index (κ2) is 3.38. The fraction of sp³-hybridized carbons (Fsp3) is 0. The van der Waals surface area contributed by atoms with Gasteiger partial charge in [-0.3, -0.25) is 9.89 Å². The number of aliphatic imine (C=N–C) groups is 1. The van der Waals surface area contributed by atoms with Crippen molar-refractivity contribution in [2.24, 2.45) is 4.99 Å². The Balaban J connectivity index is 2.06. The van der Waals surface area contributed by atoms with E-state index in [2.05, 4.69) is 20.2 Å². The van der Waals surface area contributed by atoms with Gasteiger partial charge in [0.15, 0.2) is 0 Å². The average Bonchev–Trinajstić information content (AvgIpc) is 3.06. The zero-order valence-corrected chi connectivity index (χ0v) is 9.57. The van der Waals surface area contributed by atoms with E-state index in [1.54, 1.807) is 12.4 Å². The third kappa shape index (κ3) is 1.31. The second-order valence-corrected chi connectivity index (χ2v) is 4.34. The summed E-state index contributed by atoms with van der Waals surface area (Å²) in [6.45, 7) is 0. The Bertz CT molecular complexity index is 859. The molecule has 0 saturated carbocycles. The van der Waals surface area contributed by atoms with Crippen LogP contribution in [0.4, 0.5) is 4.39 Å². The number of halogens is 1. The lowest BCUT2D eigenvalue weighted by Gasteiger charge is -2.02. The fourth-order valence-electron chi connectivity index (χ4n) is 2.39. The normalized spacial score (nSPS) is 13.4. The summed E-state index contributed by atoms with van der Waals surface area (Å²) in [6.07, 6.45) is 4.83. The maximum atomic E-state index is 13.6. The van der Waals surface area contributed by atoms with Gasteiger partial charge in [0.1, 0.15) is 11.5 Å². The van der Waals surface area contributed by atoms with Gasteiger partial charge in [0.25, 0.3) is 5.91 Å². The lowest BCUT2D eigenvalue weighted by molar-refractivity contribution is 0.100. The molecule has 0 fully saturated rings. The van der Waals surface area contributed by atoms with Crippen LogP contribution in [-0.4, -0.2) is 27.3 Å². The number of benzene rings is 1. The van der Waals surface area contributed by atoms with E-state index in [4.69, 9.17) is 0 Å². The minimum Gasteiger partial charge on any atom is -0.356 e. The van der Waals surface area contributed by atoms with Gasteiger partial charge in [-0.1, -0.05) is 0 Å². The molecule has 1 aromatic carbocycles. The van der Waals surface area contributed by atoms with Crippen molar-refractivity contribution >= 4 is 23.0 Å². The highest BCUT2D eigenvalue weighted by molar-refractivity contribution is 6.16. The van der Waals surface area contributed by atoms with Crippen LogP contribution in [0.15, 0.2) is 29.5 Å².